The van der Waals surface area contributed by atoms with Gasteiger partial charge in [0.05, 0.1) is 0 Å². The van der Waals surface area contributed by atoms with Gasteiger partial charge in [-0.25, -0.2) is 0 Å². The van der Waals surface area contributed by atoms with Crippen molar-refractivity contribution in [2.75, 3.05) is 0 Å². The van der Waals surface area contributed by atoms with Crippen LogP contribution < -0.4 is 0 Å². The Kier molecular flexibility index (Phi) is 9.68. The number of hydrogen-bond donors (Lipinski definition) is 0. The van der Waals surface area contributed by atoms with Crippen LogP contribution in [0.5, 0.6) is 0 Å². The zero-order valence-electron chi connectivity index (χ0n) is 17.0. The minimum atomic E-state index is 0.303. The molecule has 0 aliphatic heterocycles. The van der Waals surface area contributed by atoms with Crippen molar-refractivity contribution in [3.05, 3.63) is 0 Å². The molecule has 1 heteroatoms. The van der Waals surface area contributed by atoms with Gasteiger partial charge in [0.2, 0.25) is 0 Å². The van der Waals surface area contributed by atoms with E-state index < -0.39 is 0 Å². The summed E-state index contributed by atoms with van der Waals surface area (Å²) in [6.07, 6.45) is 32.8. The van der Waals surface area contributed by atoms with Gasteiger partial charge in [0.1, 0.15) is 0 Å². The van der Waals surface area contributed by atoms with Gasteiger partial charge in [-0.3, -0.25) is 0 Å². The van der Waals surface area contributed by atoms with Crippen molar-refractivity contribution < 1.29 is 0 Å². The molecular formula is C24H45P. The Morgan fingerprint density at radius 3 is 0.760 bits per heavy atom. The summed E-state index contributed by atoms with van der Waals surface area (Å²) in [6, 6.07) is 0. The Labute approximate surface area is 160 Å². The molecule has 0 N–H and O–H groups in total. The Morgan fingerprint density at radius 2 is 0.480 bits per heavy atom. The maximum absolute atomic E-state index is 1.61. The molecule has 0 heterocycles. The number of hydrogen-bond acceptors (Lipinski definition) is 0. The van der Waals surface area contributed by atoms with E-state index in [0.717, 1.165) is 11.3 Å². The van der Waals surface area contributed by atoms with Gasteiger partial charge >= 0.3 is 0 Å². The van der Waals surface area contributed by atoms with Crippen LogP contribution in [0.15, 0.2) is 0 Å². The molecule has 0 bridgehead atoms. The van der Waals surface area contributed by atoms with Crippen LogP contribution in [-0.4, -0.2) is 17.0 Å². The smallest absolute Gasteiger partial charge is 0.0204 e. The van der Waals surface area contributed by atoms with Gasteiger partial charge in [0.25, 0.3) is 0 Å². The summed E-state index contributed by atoms with van der Waals surface area (Å²) in [5, 5.41) is 0. The molecule has 3 aliphatic carbocycles. The molecule has 0 nitrogen and oxygen atoms in total. The van der Waals surface area contributed by atoms with Gasteiger partial charge < -0.3 is 0 Å². The van der Waals surface area contributed by atoms with Crippen molar-refractivity contribution >= 4 is 7.92 Å². The standard InChI is InChI=1S/C24H45P/c1-2-6-11-17-22(16-10-5-1)25(24-20-14-9-15-21-24)23-18-12-7-3-4-8-13-19-23/h22-24H,1-21H2. The summed E-state index contributed by atoms with van der Waals surface area (Å²) in [5.41, 5.74) is 3.48. The lowest BCUT2D eigenvalue weighted by molar-refractivity contribution is 0.495. The van der Waals surface area contributed by atoms with Crippen LogP contribution in [0.4, 0.5) is 0 Å². The number of rotatable bonds is 3. The minimum Gasteiger partial charge on any atom is -0.0971 e. The van der Waals surface area contributed by atoms with Crippen LogP contribution in [0, 0.1) is 0 Å². The summed E-state index contributed by atoms with van der Waals surface area (Å²) in [4.78, 5) is 0. The van der Waals surface area contributed by atoms with Crippen molar-refractivity contribution in [1.29, 1.82) is 0 Å². The van der Waals surface area contributed by atoms with Crippen LogP contribution in [-0.2, 0) is 0 Å². The highest BCUT2D eigenvalue weighted by atomic mass is 31.1. The van der Waals surface area contributed by atoms with E-state index in [9.17, 15) is 0 Å². The summed E-state index contributed by atoms with van der Waals surface area (Å²) in [6.45, 7) is 0. The first-order valence-electron chi connectivity index (χ1n) is 12.2. The minimum absolute atomic E-state index is 0.303. The van der Waals surface area contributed by atoms with Crippen molar-refractivity contribution in [3.8, 4) is 0 Å². The predicted octanol–water partition coefficient (Wildman–Crippen LogP) is 8.81. The van der Waals surface area contributed by atoms with E-state index in [1.165, 1.54) is 63.4 Å². The predicted molar refractivity (Wildman–Crippen MR) is 115 cm³/mol. The monoisotopic (exact) mass is 364 g/mol. The molecule has 0 amide bonds. The second-order valence-electron chi connectivity index (χ2n) is 9.44. The first kappa shape index (κ1) is 20.2. The molecule has 3 aliphatic rings. The van der Waals surface area contributed by atoms with Crippen molar-refractivity contribution in [2.24, 2.45) is 0 Å². The molecule has 0 radical (unpaired) electrons. The SMILES string of the molecule is C1CCCCC(P(C2CCCCCCCC2)C2CCCCC2)CCC1. The zero-order valence-corrected chi connectivity index (χ0v) is 17.9. The molecule has 0 aromatic rings. The maximum Gasteiger partial charge on any atom is -0.0204 e. The molecule has 0 spiro atoms. The zero-order chi connectivity index (χ0) is 17.2. The lowest BCUT2D eigenvalue weighted by Crippen LogP contribution is -2.25. The summed E-state index contributed by atoms with van der Waals surface area (Å²) >= 11 is 0. The first-order chi connectivity index (χ1) is 12.4. The molecule has 0 atom stereocenters. The maximum atomic E-state index is 1.61. The van der Waals surface area contributed by atoms with E-state index in [1.54, 1.807) is 77.0 Å². The lowest BCUT2D eigenvalue weighted by atomic mass is 10.0. The molecule has 0 saturated heterocycles. The van der Waals surface area contributed by atoms with Gasteiger partial charge in [-0.2, -0.15) is 0 Å². The summed E-state index contributed by atoms with van der Waals surface area (Å²) < 4.78 is 0. The highest BCUT2D eigenvalue weighted by molar-refractivity contribution is 7.59. The summed E-state index contributed by atoms with van der Waals surface area (Å²) in [7, 11) is 0.303. The highest BCUT2D eigenvalue weighted by Gasteiger charge is 2.35. The molecule has 3 fully saturated rings. The Balaban J connectivity index is 1.71. The van der Waals surface area contributed by atoms with Crippen molar-refractivity contribution in [2.45, 2.75) is 152 Å². The van der Waals surface area contributed by atoms with Gasteiger partial charge in [0.15, 0.2) is 0 Å². The van der Waals surface area contributed by atoms with Crippen LogP contribution in [0.1, 0.15) is 135 Å². The Bertz CT molecular complexity index is 289. The fourth-order valence-corrected chi connectivity index (χ4v) is 10.8. The molecule has 3 saturated carbocycles. The van der Waals surface area contributed by atoms with Gasteiger partial charge in [-0.1, -0.05) is 104 Å². The molecule has 0 aromatic heterocycles. The fourth-order valence-electron chi connectivity index (χ4n) is 6.09. The largest absolute Gasteiger partial charge is 0.0971 e. The molecule has 3 rings (SSSR count). The van der Waals surface area contributed by atoms with Crippen molar-refractivity contribution in [3.63, 3.8) is 0 Å². The van der Waals surface area contributed by atoms with Crippen LogP contribution >= 0.6 is 7.92 Å². The molecule has 0 aromatic carbocycles. The van der Waals surface area contributed by atoms with E-state index >= 15 is 0 Å². The van der Waals surface area contributed by atoms with Crippen LogP contribution in [0.25, 0.3) is 0 Å². The average Bonchev–Trinajstić information content (AvgIpc) is 2.87. The third-order valence-corrected chi connectivity index (χ3v) is 11.6. The molecule has 25 heavy (non-hydrogen) atoms. The molecule has 0 unspecified atom stereocenters. The quantitative estimate of drug-likeness (QED) is 0.439. The Hall–Kier alpha value is 0.430. The third kappa shape index (κ3) is 6.83. The topological polar surface area (TPSA) is 0 Å². The van der Waals surface area contributed by atoms with Crippen LogP contribution in [0.2, 0.25) is 0 Å². The summed E-state index contributed by atoms with van der Waals surface area (Å²) in [5.74, 6) is 0. The van der Waals surface area contributed by atoms with E-state index in [4.69, 9.17) is 0 Å². The van der Waals surface area contributed by atoms with E-state index in [2.05, 4.69) is 0 Å². The second kappa shape index (κ2) is 12.0. The molecule has 146 valence electrons. The van der Waals surface area contributed by atoms with E-state index in [0.29, 0.717) is 7.92 Å². The van der Waals surface area contributed by atoms with Gasteiger partial charge in [0, 0.05) is 0 Å². The van der Waals surface area contributed by atoms with Gasteiger partial charge in [-0.05, 0) is 55.5 Å². The van der Waals surface area contributed by atoms with Crippen molar-refractivity contribution in [1.82, 2.24) is 0 Å². The highest BCUT2D eigenvalue weighted by Crippen LogP contribution is 2.60. The molecular weight excluding hydrogens is 319 g/mol. The normalized spacial score (nSPS) is 27.7. The third-order valence-electron chi connectivity index (χ3n) is 7.49. The van der Waals surface area contributed by atoms with Gasteiger partial charge in [-0.15, -0.1) is 0 Å². The Morgan fingerprint density at radius 1 is 0.280 bits per heavy atom. The van der Waals surface area contributed by atoms with E-state index in [1.807, 2.05) is 0 Å². The van der Waals surface area contributed by atoms with Crippen LogP contribution in [0.3, 0.4) is 0 Å². The first-order valence-corrected chi connectivity index (χ1v) is 13.8. The fraction of sp³-hybridized carbons (Fsp3) is 1.00. The van der Waals surface area contributed by atoms with E-state index in [-0.39, 0.29) is 0 Å². The second-order valence-corrected chi connectivity index (χ2v) is 12.5. The average molecular weight is 365 g/mol. The lowest BCUT2D eigenvalue weighted by Gasteiger charge is -2.42.